The number of rotatable bonds is 7. The summed E-state index contributed by atoms with van der Waals surface area (Å²) >= 11 is 0. The third kappa shape index (κ3) is 7.34. The fraction of sp³-hybridized carbons (Fsp3) is 0.350. The number of nitrogens with one attached hydrogen (secondary N) is 2. The quantitative estimate of drug-likeness (QED) is 0.358. The molecule has 0 aromatic heterocycles. The van der Waals surface area contributed by atoms with Crippen LogP contribution in [-0.2, 0) is 6.54 Å². The van der Waals surface area contributed by atoms with Crippen molar-refractivity contribution in [2.24, 2.45) is 4.99 Å². The molecule has 0 aliphatic carbocycles. The second-order valence-corrected chi connectivity index (χ2v) is 6.19. The molecule has 2 aromatic carbocycles. The Labute approximate surface area is 178 Å². The molecule has 0 saturated heterocycles. The summed E-state index contributed by atoms with van der Waals surface area (Å²) in [6.07, 6.45) is 0. The van der Waals surface area contributed by atoms with E-state index in [0.717, 1.165) is 22.8 Å². The maximum Gasteiger partial charge on any atom is 0.191 e. The molecule has 0 aliphatic rings. The van der Waals surface area contributed by atoms with Crippen LogP contribution in [0, 0.1) is 5.82 Å². The van der Waals surface area contributed by atoms with E-state index in [9.17, 15) is 4.39 Å². The molecule has 5 nitrogen and oxygen atoms in total. The van der Waals surface area contributed by atoms with Crippen molar-refractivity contribution in [1.29, 1.82) is 0 Å². The lowest BCUT2D eigenvalue weighted by atomic mass is 10.1. The highest BCUT2D eigenvalue weighted by atomic mass is 127. The zero-order valence-corrected chi connectivity index (χ0v) is 18.5. The van der Waals surface area contributed by atoms with E-state index in [0.29, 0.717) is 13.1 Å². The number of hydrogen-bond donors (Lipinski definition) is 2. The Morgan fingerprint density at radius 1 is 1.07 bits per heavy atom. The lowest BCUT2D eigenvalue weighted by molar-refractivity contribution is 0.298. The van der Waals surface area contributed by atoms with Gasteiger partial charge >= 0.3 is 0 Å². The summed E-state index contributed by atoms with van der Waals surface area (Å²) in [6, 6.07) is 14.6. The van der Waals surface area contributed by atoms with Gasteiger partial charge in [-0.1, -0.05) is 24.3 Å². The number of halogens is 2. The second-order valence-electron chi connectivity index (χ2n) is 6.19. The number of nitrogens with zero attached hydrogens (tertiary/aromatic N) is 2. The molecule has 2 N–H and O–H groups in total. The molecule has 0 spiro atoms. The standard InChI is InChI=1S/C20H27FN4O.HI/c1-22-20(23-13-15-5-11-18(26-4)12-6-15)24-14-19(25(2)3)16-7-9-17(21)10-8-16;/h5-12,19H,13-14H2,1-4H3,(H2,22,23,24);1H. The van der Waals surface area contributed by atoms with E-state index in [2.05, 4.69) is 20.5 Å². The van der Waals surface area contributed by atoms with Gasteiger partial charge in [-0.2, -0.15) is 0 Å². The first-order valence-electron chi connectivity index (χ1n) is 8.53. The minimum atomic E-state index is -0.226. The molecular weight excluding hydrogens is 458 g/mol. The Bertz CT molecular complexity index is 705. The highest BCUT2D eigenvalue weighted by molar-refractivity contribution is 14.0. The van der Waals surface area contributed by atoms with Crippen LogP contribution in [0.15, 0.2) is 53.5 Å². The van der Waals surface area contributed by atoms with Gasteiger partial charge in [0.05, 0.1) is 13.2 Å². The number of ether oxygens (including phenoxy) is 1. The number of benzene rings is 2. The second kappa shape index (κ2) is 11.8. The maximum atomic E-state index is 13.2. The molecule has 0 saturated carbocycles. The van der Waals surface area contributed by atoms with E-state index >= 15 is 0 Å². The van der Waals surface area contributed by atoms with Crippen molar-refractivity contribution in [2.45, 2.75) is 12.6 Å². The number of methoxy groups -OCH3 is 1. The SMILES string of the molecule is CN=C(NCc1ccc(OC)cc1)NCC(c1ccc(F)cc1)N(C)C.I. The van der Waals surface area contributed by atoms with Crippen molar-refractivity contribution in [3.63, 3.8) is 0 Å². The van der Waals surface area contributed by atoms with Crippen LogP contribution in [0.3, 0.4) is 0 Å². The van der Waals surface area contributed by atoms with Gasteiger partial charge in [0.25, 0.3) is 0 Å². The molecule has 7 heteroatoms. The summed E-state index contributed by atoms with van der Waals surface area (Å²) < 4.78 is 18.3. The largest absolute Gasteiger partial charge is 0.497 e. The molecular formula is C20H28FIN4O. The number of aliphatic imine (C=N–C) groups is 1. The summed E-state index contributed by atoms with van der Waals surface area (Å²) in [6.45, 7) is 1.31. The molecule has 0 fully saturated rings. The van der Waals surface area contributed by atoms with Gasteiger partial charge in [0.15, 0.2) is 5.96 Å². The van der Waals surface area contributed by atoms with Gasteiger partial charge in [0, 0.05) is 20.1 Å². The smallest absolute Gasteiger partial charge is 0.191 e. The zero-order valence-electron chi connectivity index (χ0n) is 16.2. The number of likely N-dealkylation sites (N-methyl/N-ethyl adjacent to an activating group) is 1. The van der Waals surface area contributed by atoms with Gasteiger partial charge in [-0.05, 0) is 49.5 Å². The Morgan fingerprint density at radius 2 is 1.70 bits per heavy atom. The average Bonchev–Trinajstić information content (AvgIpc) is 2.66. The van der Waals surface area contributed by atoms with E-state index in [1.54, 1.807) is 14.2 Å². The predicted octanol–water partition coefficient (Wildman–Crippen LogP) is 3.42. The zero-order chi connectivity index (χ0) is 18.9. The molecule has 2 rings (SSSR count). The topological polar surface area (TPSA) is 48.9 Å². The first kappa shape index (κ1) is 23.2. The van der Waals surface area contributed by atoms with E-state index < -0.39 is 0 Å². The van der Waals surface area contributed by atoms with E-state index in [4.69, 9.17) is 4.74 Å². The van der Waals surface area contributed by atoms with Crippen LogP contribution in [0.1, 0.15) is 17.2 Å². The van der Waals surface area contributed by atoms with Crippen molar-refractivity contribution in [2.75, 3.05) is 34.8 Å². The lowest BCUT2D eigenvalue weighted by Gasteiger charge is -2.26. The van der Waals surface area contributed by atoms with Crippen LogP contribution in [0.2, 0.25) is 0 Å². The Balaban J connectivity index is 0.00000364. The molecule has 148 valence electrons. The first-order chi connectivity index (χ1) is 12.5. The highest BCUT2D eigenvalue weighted by Crippen LogP contribution is 2.17. The minimum Gasteiger partial charge on any atom is -0.497 e. The van der Waals surface area contributed by atoms with Gasteiger partial charge in [-0.25, -0.2) is 4.39 Å². The maximum absolute atomic E-state index is 13.2. The minimum absolute atomic E-state index is 0. The van der Waals surface area contributed by atoms with E-state index in [1.807, 2.05) is 50.5 Å². The lowest BCUT2D eigenvalue weighted by Crippen LogP contribution is -2.41. The van der Waals surface area contributed by atoms with Gasteiger partial charge in [-0.15, -0.1) is 24.0 Å². The normalized spacial score (nSPS) is 12.3. The van der Waals surface area contributed by atoms with Gasteiger partial charge < -0.3 is 20.3 Å². The van der Waals surface area contributed by atoms with Gasteiger partial charge in [0.2, 0.25) is 0 Å². The highest BCUT2D eigenvalue weighted by Gasteiger charge is 2.14. The van der Waals surface area contributed by atoms with Crippen LogP contribution >= 0.6 is 24.0 Å². The van der Waals surface area contributed by atoms with Crippen molar-refractivity contribution in [3.05, 3.63) is 65.5 Å². The number of hydrogen-bond acceptors (Lipinski definition) is 3. The van der Waals surface area contributed by atoms with Crippen LogP contribution in [0.4, 0.5) is 4.39 Å². The van der Waals surface area contributed by atoms with E-state index in [1.165, 1.54) is 12.1 Å². The van der Waals surface area contributed by atoms with Gasteiger partial charge in [0.1, 0.15) is 11.6 Å². The van der Waals surface area contributed by atoms with Crippen LogP contribution in [0.5, 0.6) is 5.75 Å². The molecule has 1 atom stereocenters. The molecule has 1 unspecified atom stereocenters. The Kier molecular flexibility index (Phi) is 10.1. The van der Waals surface area contributed by atoms with Crippen molar-refractivity contribution in [1.82, 2.24) is 15.5 Å². The summed E-state index contributed by atoms with van der Waals surface area (Å²) in [7, 11) is 7.40. The molecule has 0 heterocycles. The third-order valence-corrected chi connectivity index (χ3v) is 4.18. The Hall–Kier alpha value is -1.87. The van der Waals surface area contributed by atoms with Crippen molar-refractivity contribution >= 4 is 29.9 Å². The molecule has 0 amide bonds. The summed E-state index contributed by atoms with van der Waals surface area (Å²) in [5.41, 5.74) is 2.19. The molecule has 2 aromatic rings. The molecule has 0 bridgehead atoms. The summed E-state index contributed by atoms with van der Waals surface area (Å²) in [4.78, 5) is 6.36. The monoisotopic (exact) mass is 486 g/mol. The first-order valence-corrected chi connectivity index (χ1v) is 8.53. The van der Waals surface area contributed by atoms with Crippen LogP contribution in [-0.4, -0.2) is 45.7 Å². The fourth-order valence-electron chi connectivity index (χ4n) is 2.63. The molecule has 27 heavy (non-hydrogen) atoms. The third-order valence-electron chi connectivity index (χ3n) is 4.18. The van der Waals surface area contributed by atoms with Crippen molar-refractivity contribution < 1.29 is 9.13 Å². The van der Waals surface area contributed by atoms with Crippen LogP contribution in [0.25, 0.3) is 0 Å². The van der Waals surface area contributed by atoms with Crippen molar-refractivity contribution in [3.8, 4) is 5.75 Å². The molecule has 0 aliphatic heterocycles. The summed E-state index contributed by atoms with van der Waals surface area (Å²) in [5, 5.41) is 6.63. The molecule has 0 radical (unpaired) electrons. The van der Waals surface area contributed by atoms with E-state index in [-0.39, 0.29) is 35.8 Å². The summed E-state index contributed by atoms with van der Waals surface area (Å²) in [5.74, 6) is 1.33. The van der Waals surface area contributed by atoms with Gasteiger partial charge in [-0.3, -0.25) is 4.99 Å². The Morgan fingerprint density at radius 3 is 2.22 bits per heavy atom. The van der Waals surface area contributed by atoms with Crippen LogP contribution < -0.4 is 15.4 Å². The predicted molar refractivity (Wildman–Crippen MR) is 119 cm³/mol. The average molecular weight is 486 g/mol. The number of guanidine groups is 1. The fourth-order valence-corrected chi connectivity index (χ4v) is 2.63.